The lowest BCUT2D eigenvalue weighted by Gasteiger charge is -2.00. The molecule has 0 bridgehead atoms. The molecule has 3 N–H and O–H groups in total. The summed E-state index contributed by atoms with van der Waals surface area (Å²) in [5.74, 6) is -0.840. The number of nitrogens with one attached hydrogen (secondary N) is 2. The number of H-pyrrole nitrogens is 2. The molecule has 4 aromatic rings. The third-order valence-electron chi connectivity index (χ3n) is 5.05. The van der Waals surface area contributed by atoms with Crippen molar-refractivity contribution in [3.05, 3.63) is 69.5 Å². The smallest absolute Gasteiger partial charge is 0.326 e. The Balaban J connectivity index is 0.000000221. The molecular formula is C24H23Cl3N4O7. The number of aryl methyl sites for hydroxylation is 2. The van der Waals surface area contributed by atoms with E-state index in [1.807, 2.05) is 48.5 Å². The molecule has 0 spiro atoms. The average Bonchev–Trinajstić information content (AvgIpc) is 3.35. The van der Waals surface area contributed by atoms with E-state index >= 15 is 0 Å². The van der Waals surface area contributed by atoms with Crippen molar-refractivity contribution in [2.75, 3.05) is 0 Å². The Bertz CT molecular complexity index is 1440. The highest BCUT2D eigenvalue weighted by atomic mass is 35.5. The highest BCUT2D eigenvalue weighted by Gasteiger charge is 2.07. The molecule has 0 atom stereocenters. The number of benzene rings is 2. The lowest BCUT2D eigenvalue weighted by atomic mass is 10.3. The van der Waals surface area contributed by atoms with Gasteiger partial charge in [-0.3, -0.25) is 28.3 Å². The molecule has 0 saturated carbocycles. The second kappa shape index (κ2) is 14.9. The molecule has 4 rings (SSSR count). The quantitative estimate of drug-likeness (QED) is 0.199. The predicted octanol–water partition coefficient (Wildman–Crippen LogP) is 3.59. The zero-order valence-corrected chi connectivity index (χ0v) is 22.1. The topological polar surface area (TPSA) is 164 Å². The first-order valence-electron chi connectivity index (χ1n) is 11.2. The van der Waals surface area contributed by atoms with Crippen LogP contribution >= 0.6 is 34.8 Å². The van der Waals surface area contributed by atoms with Crippen LogP contribution in [-0.2, 0) is 32.3 Å². The fourth-order valence-corrected chi connectivity index (χ4v) is 3.56. The Kier molecular flexibility index (Phi) is 12.0. The number of aromatic nitrogens is 4. The molecule has 11 nitrogen and oxygen atoms in total. The van der Waals surface area contributed by atoms with Gasteiger partial charge in [-0.15, -0.1) is 0 Å². The molecule has 14 heteroatoms. The maximum Gasteiger partial charge on any atom is 0.326 e. The number of hydrogen-bond acceptors (Lipinski definition) is 6. The van der Waals surface area contributed by atoms with Crippen LogP contribution in [0.15, 0.2) is 58.1 Å². The number of para-hydroxylation sites is 4. The Hall–Kier alpha value is -3.67. The molecule has 0 aliphatic heterocycles. The molecule has 0 radical (unpaired) electrons. The van der Waals surface area contributed by atoms with E-state index < -0.39 is 16.5 Å². The van der Waals surface area contributed by atoms with E-state index in [9.17, 15) is 28.8 Å². The molecule has 0 fully saturated rings. The number of carboxylic acids is 1. The van der Waals surface area contributed by atoms with Crippen molar-refractivity contribution in [3.8, 4) is 0 Å². The van der Waals surface area contributed by atoms with Gasteiger partial charge in [0.05, 0.1) is 22.1 Å². The fraction of sp³-hybridized carbons (Fsp3) is 0.250. The lowest BCUT2D eigenvalue weighted by Crippen LogP contribution is -2.17. The predicted molar refractivity (Wildman–Crippen MR) is 144 cm³/mol. The average molecular weight is 586 g/mol. The van der Waals surface area contributed by atoms with Gasteiger partial charge in [0.15, 0.2) is 0 Å². The van der Waals surface area contributed by atoms with Crippen LogP contribution in [0.3, 0.4) is 0 Å². The van der Waals surface area contributed by atoms with Crippen molar-refractivity contribution in [2.24, 2.45) is 0 Å². The van der Waals surface area contributed by atoms with Gasteiger partial charge in [0.2, 0.25) is 5.24 Å². The molecular weight excluding hydrogens is 563 g/mol. The number of aromatic amines is 2. The van der Waals surface area contributed by atoms with Crippen LogP contribution < -0.4 is 11.4 Å². The minimum absolute atomic E-state index is 0.0753. The lowest BCUT2D eigenvalue weighted by molar-refractivity contribution is -0.137. The first-order chi connectivity index (χ1) is 18.0. The number of aliphatic carboxylic acids is 1. The van der Waals surface area contributed by atoms with Crippen LogP contribution in [0.4, 0.5) is 0 Å². The van der Waals surface area contributed by atoms with Crippen molar-refractivity contribution < 1.29 is 24.3 Å². The SMILES string of the molecule is O=C(Cl)C(=O)Cl.O=C(Cl)CCCn1c(=O)[nH]c2ccccc21.O=C(O)CCCn1c(=O)[nH]c2ccccc21. The maximum absolute atomic E-state index is 11.6. The second-order valence-electron chi connectivity index (χ2n) is 7.70. The number of imidazole rings is 2. The molecule has 0 aliphatic rings. The Morgan fingerprint density at radius 1 is 0.684 bits per heavy atom. The zero-order chi connectivity index (χ0) is 28.2. The largest absolute Gasteiger partial charge is 0.481 e. The number of halogens is 3. The molecule has 38 heavy (non-hydrogen) atoms. The van der Waals surface area contributed by atoms with Crippen LogP contribution in [0.2, 0.25) is 0 Å². The van der Waals surface area contributed by atoms with Crippen molar-refractivity contribution in [1.29, 1.82) is 0 Å². The zero-order valence-electron chi connectivity index (χ0n) is 19.8. The van der Waals surface area contributed by atoms with E-state index in [1.165, 1.54) is 0 Å². The molecule has 0 aliphatic carbocycles. The molecule has 2 aromatic heterocycles. The van der Waals surface area contributed by atoms with Crippen molar-refractivity contribution in [3.63, 3.8) is 0 Å². The van der Waals surface area contributed by atoms with Crippen LogP contribution in [0.25, 0.3) is 22.1 Å². The number of nitrogens with zero attached hydrogens (tertiary/aromatic N) is 2. The summed E-state index contributed by atoms with van der Waals surface area (Å²) in [5, 5.41) is 5.88. The highest BCUT2D eigenvalue weighted by molar-refractivity contribution is 6.97. The monoisotopic (exact) mass is 584 g/mol. The van der Waals surface area contributed by atoms with Crippen LogP contribution in [0, 0.1) is 0 Å². The van der Waals surface area contributed by atoms with Gasteiger partial charge in [0.25, 0.3) is 0 Å². The number of carboxylic acid groups (broad SMARTS) is 1. The van der Waals surface area contributed by atoms with Crippen LogP contribution in [0.1, 0.15) is 25.7 Å². The molecule has 0 amide bonds. The van der Waals surface area contributed by atoms with Crippen molar-refractivity contribution in [2.45, 2.75) is 38.8 Å². The van der Waals surface area contributed by atoms with Crippen LogP contribution in [0.5, 0.6) is 0 Å². The normalized spacial score (nSPS) is 10.3. The first-order valence-corrected chi connectivity index (χ1v) is 12.3. The molecule has 2 heterocycles. The van der Waals surface area contributed by atoms with E-state index in [0.29, 0.717) is 25.9 Å². The number of rotatable bonds is 9. The van der Waals surface area contributed by atoms with Gasteiger partial charge in [0, 0.05) is 25.9 Å². The molecule has 0 saturated heterocycles. The standard InChI is InChI=1S/C11H11ClN2O2.C11H12N2O3.C2Cl2O2/c12-10(15)6-3-7-14-9-5-2-1-4-8(9)13-11(14)16;14-10(15)6-3-7-13-9-5-2-1-4-8(9)12-11(13)16;3-1(5)2(4)6/h1-2,4-5H,3,6-7H2,(H,13,16);1-2,4-5H,3,6-7H2,(H,12,16)(H,14,15);. The van der Waals surface area contributed by atoms with E-state index in [0.717, 1.165) is 22.1 Å². The Morgan fingerprint density at radius 3 is 1.45 bits per heavy atom. The summed E-state index contributed by atoms with van der Waals surface area (Å²) < 4.78 is 3.19. The summed E-state index contributed by atoms with van der Waals surface area (Å²) in [4.78, 5) is 68.5. The van der Waals surface area contributed by atoms with Gasteiger partial charge >= 0.3 is 27.8 Å². The Labute approximate surface area is 229 Å². The second-order valence-corrected chi connectivity index (χ2v) is 8.81. The summed E-state index contributed by atoms with van der Waals surface area (Å²) in [7, 11) is 0. The van der Waals surface area contributed by atoms with E-state index in [2.05, 4.69) is 33.2 Å². The number of hydrogen-bond donors (Lipinski definition) is 3. The fourth-order valence-electron chi connectivity index (χ4n) is 3.42. The van der Waals surface area contributed by atoms with Gasteiger partial charge in [-0.2, -0.15) is 0 Å². The summed E-state index contributed by atoms with van der Waals surface area (Å²) in [5.41, 5.74) is 2.93. The molecule has 2 aromatic carbocycles. The third kappa shape index (κ3) is 9.33. The minimum atomic E-state index is -1.14. The first kappa shape index (κ1) is 30.6. The number of carbonyl (C=O) groups is 4. The summed E-state index contributed by atoms with van der Waals surface area (Å²) in [6.45, 7) is 0.927. The third-order valence-corrected chi connectivity index (χ3v) is 5.67. The van der Waals surface area contributed by atoms with Crippen molar-refractivity contribution >= 4 is 78.6 Å². The Morgan fingerprint density at radius 2 is 1.08 bits per heavy atom. The molecule has 202 valence electrons. The number of carbonyl (C=O) groups excluding carboxylic acids is 3. The highest BCUT2D eigenvalue weighted by Crippen LogP contribution is 2.11. The van der Waals surface area contributed by atoms with E-state index in [1.54, 1.807) is 9.13 Å². The van der Waals surface area contributed by atoms with Gasteiger partial charge in [-0.05, 0) is 71.9 Å². The van der Waals surface area contributed by atoms with Gasteiger partial charge < -0.3 is 15.1 Å². The van der Waals surface area contributed by atoms with Gasteiger partial charge in [0.1, 0.15) is 0 Å². The van der Waals surface area contributed by atoms with Crippen LogP contribution in [-0.4, -0.2) is 45.9 Å². The van der Waals surface area contributed by atoms with Gasteiger partial charge in [-0.1, -0.05) is 24.3 Å². The molecule has 0 unspecified atom stereocenters. The summed E-state index contributed by atoms with van der Waals surface area (Å²) >= 11 is 14.2. The number of fused-ring (bicyclic) bond motifs is 2. The van der Waals surface area contributed by atoms with E-state index in [4.69, 9.17) is 16.7 Å². The van der Waals surface area contributed by atoms with Crippen molar-refractivity contribution in [1.82, 2.24) is 19.1 Å². The summed E-state index contributed by atoms with van der Waals surface area (Å²) in [6.07, 6.45) is 1.39. The van der Waals surface area contributed by atoms with Gasteiger partial charge in [-0.25, -0.2) is 9.59 Å². The summed E-state index contributed by atoms with van der Waals surface area (Å²) in [6, 6.07) is 14.8. The minimum Gasteiger partial charge on any atom is -0.481 e. The maximum atomic E-state index is 11.6. The van der Waals surface area contributed by atoms with E-state index in [-0.39, 0.29) is 29.5 Å².